The van der Waals surface area contributed by atoms with E-state index in [1.165, 1.54) is 0 Å². The van der Waals surface area contributed by atoms with Gasteiger partial charge in [0.15, 0.2) is 0 Å². The third kappa shape index (κ3) is 4.62. The monoisotopic (exact) mass is 605 g/mol. The van der Waals surface area contributed by atoms with Gasteiger partial charge in [-0.25, -0.2) is 9.59 Å². The van der Waals surface area contributed by atoms with Gasteiger partial charge in [-0.3, -0.25) is 0 Å². The van der Waals surface area contributed by atoms with Gasteiger partial charge < -0.3 is 34.8 Å². The van der Waals surface area contributed by atoms with Crippen molar-refractivity contribution in [1.29, 1.82) is 0 Å². The summed E-state index contributed by atoms with van der Waals surface area (Å²) in [4.78, 5) is 25.5. The quantitative estimate of drug-likeness (QED) is 0.327. The Balaban J connectivity index is 1.49. The molecule has 0 aromatic heterocycles. The summed E-state index contributed by atoms with van der Waals surface area (Å²) in [6.07, 6.45) is 1.21. The molecule has 42 heavy (non-hydrogen) atoms. The first kappa shape index (κ1) is 31.1. The zero-order valence-electron chi connectivity index (χ0n) is 25.3. The van der Waals surface area contributed by atoms with Crippen LogP contribution in [-0.4, -0.2) is 66.5 Å². The molecule has 10 atom stereocenters. The van der Waals surface area contributed by atoms with Crippen molar-refractivity contribution in [1.82, 2.24) is 0 Å². The predicted molar refractivity (Wildman–Crippen MR) is 157 cm³/mol. The number of aliphatic hydroxyl groups excluding tert-OH is 3. The van der Waals surface area contributed by atoms with Gasteiger partial charge in [-0.15, -0.1) is 0 Å². The molecule has 0 spiro atoms. The number of cyclic esters (lactones) is 1. The van der Waals surface area contributed by atoms with Crippen molar-refractivity contribution in [3.63, 3.8) is 0 Å². The number of esters is 2. The van der Waals surface area contributed by atoms with Gasteiger partial charge in [0, 0.05) is 36.2 Å². The first-order chi connectivity index (χ1) is 19.7. The predicted octanol–water partition coefficient (Wildman–Crippen LogP) is 5.10. The third-order valence-electron chi connectivity index (χ3n) is 11.7. The van der Waals surface area contributed by atoms with Crippen molar-refractivity contribution >= 4 is 29.2 Å². The molecule has 232 valence electrons. The highest BCUT2D eigenvalue weighted by molar-refractivity contribution is 6.31. The van der Waals surface area contributed by atoms with Gasteiger partial charge in [0.2, 0.25) is 12.0 Å². The van der Waals surface area contributed by atoms with Crippen LogP contribution in [0.4, 0.5) is 5.69 Å². The van der Waals surface area contributed by atoms with Crippen molar-refractivity contribution in [2.24, 2.45) is 39.9 Å². The van der Waals surface area contributed by atoms with Crippen LogP contribution in [0, 0.1) is 39.9 Å². The minimum atomic E-state index is -1.49. The molecule has 1 aromatic rings. The molecule has 0 saturated heterocycles. The number of hydrogen-bond acceptors (Lipinski definition) is 9. The lowest BCUT2D eigenvalue weighted by Gasteiger charge is -2.68. The molecule has 0 amide bonds. The summed E-state index contributed by atoms with van der Waals surface area (Å²) in [6.45, 7) is 8.58. The van der Waals surface area contributed by atoms with Crippen LogP contribution >= 0.6 is 11.6 Å². The smallest absolute Gasteiger partial charge is 0.376 e. The molecule has 0 radical (unpaired) electrons. The minimum absolute atomic E-state index is 0.0169. The molecule has 3 aliphatic carbocycles. The average Bonchev–Trinajstić information content (AvgIpc) is 3.19. The Morgan fingerprint density at radius 1 is 1.14 bits per heavy atom. The number of carbonyl (C=O) groups excluding carboxylic acids is 2. The number of carbonyl (C=O) groups is 2. The van der Waals surface area contributed by atoms with Crippen molar-refractivity contribution in [3.05, 3.63) is 40.1 Å². The van der Waals surface area contributed by atoms with Gasteiger partial charge in [0.1, 0.15) is 0 Å². The number of aliphatic hydroxyl groups is 3. The number of hydrogen-bond donors (Lipinski definition) is 4. The van der Waals surface area contributed by atoms with Gasteiger partial charge in [-0.1, -0.05) is 39.3 Å². The molecule has 0 bridgehead atoms. The van der Waals surface area contributed by atoms with Gasteiger partial charge in [-0.2, -0.15) is 0 Å². The lowest BCUT2D eigenvalue weighted by atomic mass is 9.37. The molecule has 1 heterocycles. The van der Waals surface area contributed by atoms with Crippen LogP contribution < -0.4 is 5.32 Å². The Bertz CT molecular complexity index is 1280. The number of rotatable bonds is 6. The average molecular weight is 606 g/mol. The number of fused-ring (bicyclic) bond motifs is 3. The lowest BCUT2D eigenvalue weighted by molar-refractivity contribution is -0.226. The summed E-state index contributed by atoms with van der Waals surface area (Å²) < 4.78 is 17.0. The van der Waals surface area contributed by atoms with Gasteiger partial charge in [0.05, 0.1) is 30.0 Å². The number of anilines is 1. The molecule has 4 N–H and O–H groups in total. The normalized spacial score (nSPS) is 41.5. The van der Waals surface area contributed by atoms with Crippen LogP contribution in [-0.2, 0) is 19.0 Å². The highest BCUT2D eigenvalue weighted by Gasteiger charge is 2.67. The van der Waals surface area contributed by atoms with E-state index in [0.29, 0.717) is 22.7 Å². The van der Waals surface area contributed by atoms with E-state index in [1.807, 2.05) is 13.8 Å². The van der Waals surface area contributed by atoms with Crippen LogP contribution in [0.1, 0.15) is 70.2 Å². The number of nitrogens with one attached hydrogen (secondary N) is 1. The van der Waals surface area contributed by atoms with Crippen LogP contribution in [0.3, 0.4) is 0 Å². The van der Waals surface area contributed by atoms with E-state index in [9.17, 15) is 24.9 Å². The Labute approximate surface area is 252 Å². The highest BCUT2D eigenvalue weighted by atomic mass is 35.5. The Kier molecular flexibility index (Phi) is 8.14. The van der Waals surface area contributed by atoms with Crippen LogP contribution in [0.2, 0.25) is 5.02 Å². The molecule has 3 saturated carbocycles. The van der Waals surface area contributed by atoms with Gasteiger partial charge in [-0.05, 0) is 78.9 Å². The molecule has 1 aromatic carbocycles. The van der Waals surface area contributed by atoms with E-state index in [-0.39, 0.29) is 52.8 Å². The molecule has 9 nitrogen and oxygen atoms in total. The standard InChI is InChI=1S/C32H44ClNO8/c1-16-20(40-6)14-22-30(2)12-10-23(35)32(4,15-41-27(37)18-13-17(33)7-8-19(18)34-5)21(30)9-11-31(22,3)25(16)24-26(36)29(39)42-28(24)38/h7-8,13,16,20-23,25,28,34-36,38H,9-12,14-15H2,1-6H3. The third-order valence-corrected chi connectivity index (χ3v) is 12.0. The van der Waals surface area contributed by atoms with Gasteiger partial charge >= 0.3 is 11.9 Å². The van der Waals surface area contributed by atoms with E-state index in [1.54, 1.807) is 32.4 Å². The first-order valence-electron chi connectivity index (χ1n) is 14.9. The fraction of sp³-hybridized carbons (Fsp3) is 0.688. The molecule has 5 rings (SSSR count). The summed E-state index contributed by atoms with van der Waals surface area (Å²) in [6, 6.07) is 5.01. The summed E-state index contributed by atoms with van der Waals surface area (Å²) in [5.41, 5.74) is -0.182. The van der Waals surface area contributed by atoms with E-state index in [4.69, 9.17) is 25.8 Å². The SMILES string of the molecule is CNc1ccc(Cl)cc1C(=O)OCC1(C)C(O)CCC2(C)C1CCC1(C)C(C3=C(O)C(=O)OC3O)C(C)C(OC)CC12. The van der Waals surface area contributed by atoms with Crippen LogP contribution in [0.15, 0.2) is 29.5 Å². The molecule has 10 heteroatoms. The molecule has 1 aliphatic heterocycles. The van der Waals surface area contributed by atoms with Crippen molar-refractivity contribution < 1.29 is 39.1 Å². The number of ether oxygens (including phenoxy) is 3. The highest BCUT2D eigenvalue weighted by Crippen LogP contribution is 2.70. The number of benzene rings is 1. The summed E-state index contributed by atoms with van der Waals surface area (Å²) in [5.74, 6) is -2.25. The van der Waals surface area contributed by atoms with Crippen molar-refractivity contribution in [3.8, 4) is 0 Å². The molecular weight excluding hydrogens is 562 g/mol. The van der Waals surface area contributed by atoms with E-state index < -0.39 is 35.5 Å². The summed E-state index contributed by atoms with van der Waals surface area (Å²) in [7, 11) is 3.40. The second kappa shape index (κ2) is 11.0. The maximum Gasteiger partial charge on any atom is 0.376 e. The van der Waals surface area contributed by atoms with Crippen molar-refractivity contribution in [2.45, 2.75) is 78.3 Å². The van der Waals surface area contributed by atoms with Crippen LogP contribution in [0.5, 0.6) is 0 Å². The van der Waals surface area contributed by atoms with E-state index in [0.717, 1.165) is 25.7 Å². The second-order valence-electron chi connectivity index (χ2n) is 13.6. The largest absolute Gasteiger partial charge is 0.502 e. The number of methoxy groups -OCH3 is 1. The summed E-state index contributed by atoms with van der Waals surface area (Å²) >= 11 is 6.18. The minimum Gasteiger partial charge on any atom is -0.502 e. The Morgan fingerprint density at radius 2 is 1.83 bits per heavy atom. The first-order valence-corrected chi connectivity index (χ1v) is 15.3. The molecule has 3 fully saturated rings. The number of halogens is 1. The molecule has 10 unspecified atom stereocenters. The molecular formula is C32H44ClNO8. The fourth-order valence-electron chi connectivity index (χ4n) is 9.67. The van der Waals surface area contributed by atoms with E-state index >= 15 is 0 Å². The van der Waals surface area contributed by atoms with E-state index in [2.05, 4.69) is 19.2 Å². The topological polar surface area (TPSA) is 135 Å². The van der Waals surface area contributed by atoms with Crippen molar-refractivity contribution in [2.75, 3.05) is 26.1 Å². The zero-order valence-corrected chi connectivity index (χ0v) is 26.0. The maximum atomic E-state index is 13.3. The maximum absolute atomic E-state index is 13.3. The molecule has 4 aliphatic rings. The fourth-order valence-corrected chi connectivity index (χ4v) is 9.85. The zero-order chi connectivity index (χ0) is 30.8. The van der Waals surface area contributed by atoms with Crippen LogP contribution in [0.25, 0.3) is 0 Å². The Morgan fingerprint density at radius 3 is 2.45 bits per heavy atom. The van der Waals surface area contributed by atoms with Gasteiger partial charge in [0.25, 0.3) is 0 Å². The Hall–Kier alpha value is -2.33. The summed E-state index contributed by atoms with van der Waals surface area (Å²) in [5, 5.41) is 36.4. The second-order valence-corrected chi connectivity index (χ2v) is 14.1. The lowest BCUT2D eigenvalue weighted by Crippen LogP contribution is -2.65.